The van der Waals surface area contributed by atoms with Crippen LogP contribution >= 0.6 is 15.9 Å². The Labute approximate surface area is 107 Å². The Hall–Kier alpha value is -0.300. The lowest BCUT2D eigenvalue weighted by molar-refractivity contribution is 0.365. The maximum absolute atomic E-state index is 3.60. The van der Waals surface area contributed by atoms with Gasteiger partial charge in [0.1, 0.15) is 0 Å². The van der Waals surface area contributed by atoms with Crippen molar-refractivity contribution in [1.82, 2.24) is 0 Å². The van der Waals surface area contributed by atoms with E-state index in [-0.39, 0.29) is 0 Å². The zero-order chi connectivity index (χ0) is 11.0. The molecule has 2 aliphatic carbocycles. The number of rotatable bonds is 2. The fourth-order valence-corrected chi connectivity index (χ4v) is 4.32. The number of alkyl halides is 1. The summed E-state index contributed by atoms with van der Waals surface area (Å²) in [4.78, 5) is 0. The van der Waals surface area contributed by atoms with Crippen molar-refractivity contribution in [3.05, 3.63) is 34.9 Å². The van der Waals surface area contributed by atoms with E-state index in [0.717, 1.165) is 11.8 Å². The minimum atomic E-state index is 0.887. The van der Waals surface area contributed by atoms with E-state index >= 15 is 0 Å². The van der Waals surface area contributed by atoms with Crippen LogP contribution in [0.15, 0.2) is 18.2 Å². The summed E-state index contributed by atoms with van der Waals surface area (Å²) < 4.78 is 0. The van der Waals surface area contributed by atoms with Crippen LogP contribution in [-0.4, -0.2) is 5.33 Å². The Morgan fingerprint density at radius 3 is 3.00 bits per heavy atom. The topological polar surface area (TPSA) is 0 Å². The molecule has 0 bridgehead atoms. The molecule has 0 N–H and O–H groups in total. The van der Waals surface area contributed by atoms with Crippen molar-refractivity contribution in [1.29, 1.82) is 0 Å². The van der Waals surface area contributed by atoms with Gasteiger partial charge in [-0.2, -0.15) is 0 Å². The molecule has 1 aromatic carbocycles. The van der Waals surface area contributed by atoms with Crippen molar-refractivity contribution in [2.24, 2.45) is 5.92 Å². The van der Waals surface area contributed by atoms with Crippen molar-refractivity contribution < 1.29 is 0 Å². The molecule has 0 saturated heterocycles. The van der Waals surface area contributed by atoms with Crippen LogP contribution in [0.2, 0.25) is 0 Å². The number of hydrogen-bond acceptors (Lipinski definition) is 0. The van der Waals surface area contributed by atoms with Gasteiger partial charge in [-0.25, -0.2) is 0 Å². The van der Waals surface area contributed by atoms with Gasteiger partial charge >= 0.3 is 0 Å². The van der Waals surface area contributed by atoms with Gasteiger partial charge in [-0.05, 0) is 67.1 Å². The first-order valence-corrected chi connectivity index (χ1v) is 7.67. The van der Waals surface area contributed by atoms with Crippen molar-refractivity contribution in [2.45, 2.75) is 44.4 Å². The van der Waals surface area contributed by atoms with E-state index in [2.05, 4.69) is 34.1 Å². The van der Waals surface area contributed by atoms with Gasteiger partial charge in [-0.1, -0.05) is 34.1 Å². The van der Waals surface area contributed by atoms with Gasteiger partial charge in [0.2, 0.25) is 0 Å². The van der Waals surface area contributed by atoms with Crippen molar-refractivity contribution in [3.63, 3.8) is 0 Å². The summed E-state index contributed by atoms with van der Waals surface area (Å²) >= 11 is 3.60. The largest absolute Gasteiger partial charge is 0.0928 e. The van der Waals surface area contributed by atoms with Crippen LogP contribution < -0.4 is 0 Å². The average Bonchev–Trinajstić information content (AvgIpc) is 2.30. The molecule has 86 valence electrons. The van der Waals surface area contributed by atoms with Crippen molar-refractivity contribution in [3.8, 4) is 0 Å². The van der Waals surface area contributed by atoms with Gasteiger partial charge in [0, 0.05) is 5.33 Å². The minimum absolute atomic E-state index is 0.887. The minimum Gasteiger partial charge on any atom is -0.0928 e. The Bertz CT molecular complexity index is 383. The van der Waals surface area contributed by atoms with Crippen LogP contribution in [-0.2, 0) is 12.8 Å². The molecule has 0 heterocycles. The fourth-order valence-electron chi connectivity index (χ4n) is 3.68. The van der Waals surface area contributed by atoms with Crippen LogP contribution in [0.4, 0.5) is 0 Å². The second-order valence-corrected chi connectivity index (χ2v) is 6.16. The van der Waals surface area contributed by atoms with Crippen LogP contribution in [0.1, 0.15) is 48.3 Å². The average molecular weight is 279 g/mol. The second-order valence-electron chi connectivity index (χ2n) is 5.36. The van der Waals surface area contributed by atoms with Gasteiger partial charge in [0.15, 0.2) is 0 Å². The molecule has 0 aliphatic heterocycles. The monoisotopic (exact) mass is 278 g/mol. The zero-order valence-electron chi connectivity index (χ0n) is 9.71. The van der Waals surface area contributed by atoms with Crippen LogP contribution in [0.3, 0.4) is 0 Å². The van der Waals surface area contributed by atoms with Crippen molar-refractivity contribution >= 4 is 15.9 Å². The molecule has 2 unspecified atom stereocenters. The fraction of sp³-hybridized carbons (Fsp3) is 0.600. The quantitative estimate of drug-likeness (QED) is 0.701. The third-order valence-electron chi connectivity index (χ3n) is 4.34. The smallest absolute Gasteiger partial charge is 0.00340 e. The molecule has 16 heavy (non-hydrogen) atoms. The van der Waals surface area contributed by atoms with Crippen LogP contribution in [0.25, 0.3) is 0 Å². The maximum atomic E-state index is 3.60. The zero-order valence-corrected chi connectivity index (χ0v) is 11.3. The SMILES string of the molecule is BrCCC1Cc2cccc3c2C(CCC3)C1. The molecule has 3 rings (SSSR count). The molecule has 0 spiro atoms. The standard InChI is InChI=1S/C15H19Br/c16-8-7-11-9-13-5-1-3-12-4-2-6-14(10-11)15(12)13/h1,3,5,11,14H,2,4,6-10H2. The third-order valence-corrected chi connectivity index (χ3v) is 4.80. The van der Waals surface area contributed by atoms with E-state index in [1.807, 2.05) is 0 Å². The molecule has 0 nitrogen and oxygen atoms in total. The molecular weight excluding hydrogens is 260 g/mol. The molecule has 0 fully saturated rings. The Morgan fingerprint density at radius 2 is 2.12 bits per heavy atom. The van der Waals surface area contributed by atoms with E-state index in [1.165, 1.54) is 43.9 Å². The molecule has 0 amide bonds. The summed E-state index contributed by atoms with van der Waals surface area (Å²) in [5.41, 5.74) is 5.07. The molecule has 2 atom stereocenters. The lowest BCUT2D eigenvalue weighted by Crippen LogP contribution is -2.23. The van der Waals surface area contributed by atoms with E-state index in [0.29, 0.717) is 0 Å². The van der Waals surface area contributed by atoms with Gasteiger partial charge in [0.05, 0.1) is 0 Å². The van der Waals surface area contributed by atoms with Crippen molar-refractivity contribution in [2.75, 3.05) is 5.33 Å². The van der Waals surface area contributed by atoms with E-state index in [9.17, 15) is 0 Å². The summed E-state index contributed by atoms with van der Waals surface area (Å²) in [5.74, 6) is 1.81. The second kappa shape index (κ2) is 4.52. The first kappa shape index (κ1) is 10.8. The highest BCUT2D eigenvalue weighted by Crippen LogP contribution is 2.43. The number of aryl methyl sites for hydroxylation is 1. The molecule has 0 radical (unpaired) electrons. The number of halogens is 1. The predicted octanol–water partition coefficient (Wildman–Crippen LogP) is 4.45. The van der Waals surface area contributed by atoms with Gasteiger partial charge in [-0.15, -0.1) is 0 Å². The molecule has 0 aromatic heterocycles. The third kappa shape index (κ3) is 1.84. The lowest BCUT2D eigenvalue weighted by Gasteiger charge is -2.36. The van der Waals surface area contributed by atoms with Gasteiger partial charge < -0.3 is 0 Å². The Morgan fingerprint density at radius 1 is 1.25 bits per heavy atom. The Kier molecular flexibility index (Phi) is 3.06. The Balaban J connectivity index is 1.96. The highest BCUT2D eigenvalue weighted by molar-refractivity contribution is 9.09. The summed E-state index contributed by atoms with van der Waals surface area (Å²) in [6.07, 6.45) is 8.27. The molecular formula is C15H19Br. The summed E-state index contributed by atoms with van der Waals surface area (Å²) in [7, 11) is 0. The first-order valence-electron chi connectivity index (χ1n) is 6.55. The highest BCUT2D eigenvalue weighted by atomic mass is 79.9. The normalized spacial score (nSPS) is 27.6. The first-order chi connectivity index (χ1) is 7.88. The number of hydrogen-bond donors (Lipinski definition) is 0. The van der Waals surface area contributed by atoms with Gasteiger partial charge in [0.25, 0.3) is 0 Å². The highest BCUT2D eigenvalue weighted by Gasteiger charge is 2.30. The van der Waals surface area contributed by atoms with Crippen LogP contribution in [0, 0.1) is 5.92 Å². The maximum Gasteiger partial charge on any atom is 0.00340 e. The summed E-state index contributed by atoms with van der Waals surface area (Å²) in [6, 6.07) is 7.00. The lowest BCUT2D eigenvalue weighted by atomic mass is 9.69. The predicted molar refractivity (Wildman–Crippen MR) is 72.3 cm³/mol. The van der Waals surface area contributed by atoms with Gasteiger partial charge in [-0.3, -0.25) is 0 Å². The molecule has 2 aliphatic rings. The number of benzene rings is 1. The summed E-state index contributed by atoms with van der Waals surface area (Å²) in [6.45, 7) is 0. The van der Waals surface area contributed by atoms with E-state index in [4.69, 9.17) is 0 Å². The summed E-state index contributed by atoms with van der Waals surface area (Å²) in [5, 5.41) is 1.17. The molecule has 0 saturated carbocycles. The molecule has 1 heteroatoms. The van der Waals surface area contributed by atoms with E-state index < -0.39 is 0 Å². The van der Waals surface area contributed by atoms with Crippen LogP contribution in [0.5, 0.6) is 0 Å². The van der Waals surface area contributed by atoms with E-state index in [1.54, 1.807) is 16.7 Å². The molecule has 1 aromatic rings.